The van der Waals surface area contributed by atoms with E-state index in [0.717, 1.165) is 25.2 Å². The van der Waals surface area contributed by atoms with Gasteiger partial charge in [-0.1, -0.05) is 39.0 Å². The van der Waals surface area contributed by atoms with Crippen molar-refractivity contribution in [1.82, 2.24) is 4.90 Å². The molecule has 8 nitrogen and oxygen atoms in total. The first kappa shape index (κ1) is 29.5. The Kier molecular flexibility index (Phi) is 8.39. The second kappa shape index (κ2) is 11.7. The fourth-order valence-electron chi connectivity index (χ4n) is 7.34. The van der Waals surface area contributed by atoms with E-state index in [1.54, 1.807) is 16.7 Å². The van der Waals surface area contributed by atoms with Crippen LogP contribution in [0.3, 0.4) is 0 Å². The molecule has 1 spiro atoms. The van der Waals surface area contributed by atoms with Crippen molar-refractivity contribution >= 4 is 46.5 Å². The zero-order valence-corrected chi connectivity index (χ0v) is 25.4. The third kappa shape index (κ3) is 4.91. The maximum atomic E-state index is 14.4. The van der Waals surface area contributed by atoms with Gasteiger partial charge in [-0.3, -0.25) is 14.4 Å². The van der Waals surface area contributed by atoms with E-state index < -0.39 is 28.7 Å². The summed E-state index contributed by atoms with van der Waals surface area (Å²) in [6.45, 7) is 11.7. The van der Waals surface area contributed by atoms with Gasteiger partial charge in [0.15, 0.2) is 0 Å². The number of nitrogens with one attached hydrogen (secondary N) is 2. The molecule has 0 saturated carbocycles. The quantitative estimate of drug-likeness (QED) is 0.385. The Morgan fingerprint density at radius 2 is 1.63 bits per heavy atom. The van der Waals surface area contributed by atoms with Gasteiger partial charge < -0.3 is 25.5 Å². The Bertz CT molecular complexity index is 1270. The van der Waals surface area contributed by atoms with E-state index in [9.17, 15) is 19.5 Å². The van der Waals surface area contributed by atoms with Gasteiger partial charge >= 0.3 is 0 Å². The first-order chi connectivity index (χ1) is 19.7. The van der Waals surface area contributed by atoms with E-state index in [1.807, 2.05) is 68.4 Å². The Labute approximate surface area is 247 Å². The number of aliphatic hydroxyl groups excluding tert-OH is 1. The van der Waals surface area contributed by atoms with Crippen LogP contribution in [0.2, 0.25) is 0 Å². The molecule has 9 heteroatoms. The van der Waals surface area contributed by atoms with Gasteiger partial charge in [-0.2, -0.15) is 0 Å². The lowest BCUT2D eigenvalue weighted by Gasteiger charge is -2.40. The molecule has 3 aliphatic heterocycles. The molecular weight excluding hydrogens is 536 g/mol. The van der Waals surface area contributed by atoms with Crippen LogP contribution in [-0.2, 0) is 14.4 Å². The molecule has 3 amide bonds. The number of carbonyl (C=O) groups excluding carboxylic acids is 3. The van der Waals surface area contributed by atoms with Gasteiger partial charge in [0.25, 0.3) is 0 Å². The molecule has 3 unspecified atom stereocenters. The number of nitrogens with zero attached hydrogens (tertiary/aromatic N) is 2. The molecule has 2 bridgehead atoms. The predicted molar refractivity (Wildman–Crippen MR) is 165 cm³/mol. The van der Waals surface area contributed by atoms with Crippen LogP contribution < -0.4 is 15.5 Å². The summed E-state index contributed by atoms with van der Waals surface area (Å²) in [5, 5.41) is 16.5. The molecule has 3 fully saturated rings. The second-order valence-corrected chi connectivity index (χ2v) is 13.4. The van der Waals surface area contributed by atoms with Crippen LogP contribution in [0.1, 0.15) is 41.0 Å². The van der Waals surface area contributed by atoms with Crippen LogP contribution in [0.4, 0.5) is 17.1 Å². The summed E-state index contributed by atoms with van der Waals surface area (Å²) in [5.41, 5.74) is 2.43. The number of anilines is 3. The average molecular weight is 579 g/mol. The van der Waals surface area contributed by atoms with E-state index in [2.05, 4.69) is 36.3 Å². The number of thioether (sulfide) groups is 1. The number of hydrogen-bond donors (Lipinski definition) is 3. The van der Waals surface area contributed by atoms with E-state index in [1.165, 1.54) is 0 Å². The first-order valence-electron chi connectivity index (χ1n) is 14.8. The molecule has 3 N–H and O–H groups in total. The van der Waals surface area contributed by atoms with Gasteiger partial charge in [0.05, 0.1) is 29.2 Å². The van der Waals surface area contributed by atoms with Crippen LogP contribution in [-0.4, -0.2) is 69.5 Å². The largest absolute Gasteiger partial charge is 0.394 e. The number of fused-ring (bicyclic) bond motifs is 1. The highest BCUT2D eigenvalue weighted by molar-refractivity contribution is 8.02. The highest BCUT2D eigenvalue weighted by Gasteiger charge is 2.76. The molecule has 0 aliphatic carbocycles. The zero-order chi connectivity index (χ0) is 29.5. The van der Waals surface area contributed by atoms with Crippen molar-refractivity contribution in [3.8, 4) is 0 Å². The highest BCUT2D eigenvalue weighted by Crippen LogP contribution is 2.69. The Balaban J connectivity index is 1.50. The average Bonchev–Trinajstić information content (AvgIpc) is 3.55. The molecule has 3 aliphatic rings. The summed E-state index contributed by atoms with van der Waals surface area (Å²) in [5.74, 6) is -1.87. The number of benzene rings is 2. The SMILES string of the molecule is CCN(CC)c1ccc(NC(=O)C2N([C@@H](CO)C(C)C)C(=O)[C@@H]3[C@@H](C(=O)Nc4ccccc4)[C@H]4CC(C)C23S4)cc1. The lowest BCUT2D eigenvalue weighted by atomic mass is 9.66. The van der Waals surface area contributed by atoms with Crippen LogP contribution in [0.15, 0.2) is 54.6 Å². The number of carbonyl (C=O) groups is 3. The number of rotatable bonds is 10. The van der Waals surface area contributed by atoms with Crippen LogP contribution in [0.5, 0.6) is 0 Å². The lowest BCUT2D eigenvalue weighted by Crippen LogP contribution is -2.57. The van der Waals surface area contributed by atoms with Gasteiger partial charge in [0, 0.05) is 35.4 Å². The molecule has 0 radical (unpaired) electrons. The molecule has 2 aromatic rings. The molecule has 3 saturated heterocycles. The predicted octanol–water partition coefficient (Wildman–Crippen LogP) is 4.46. The highest BCUT2D eigenvalue weighted by atomic mass is 32.2. The number of aliphatic hydroxyl groups is 1. The molecule has 7 atom stereocenters. The topological polar surface area (TPSA) is 102 Å². The zero-order valence-electron chi connectivity index (χ0n) is 24.5. The summed E-state index contributed by atoms with van der Waals surface area (Å²) in [6, 6.07) is 15.7. The Morgan fingerprint density at radius 1 is 1.02 bits per heavy atom. The second-order valence-electron chi connectivity index (χ2n) is 11.9. The monoisotopic (exact) mass is 578 g/mol. The van der Waals surface area contributed by atoms with Crippen LogP contribution in [0, 0.1) is 23.7 Å². The van der Waals surface area contributed by atoms with Crippen molar-refractivity contribution in [3.05, 3.63) is 54.6 Å². The summed E-state index contributed by atoms with van der Waals surface area (Å²) in [7, 11) is 0. The van der Waals surface area contributed by atoms with E-state index >= 15 is 0 Å². The number of hydrogen-bond acceptors (Lipinski definition) is 6. The summed E-state index contributed by atoms with van der Waals surface area (Å²) in [4.78, 5) is 46.2. The summed E-state index contributed by atoms with van der Waals surface area (Å²) in [6.07, 6.45) is 0.753. The standard InChI is InChI=1S/C32H42N4O4S/c1-6-35(7-2)23-15-13-22(14-16-23)34-30(39)28-32-20(5)17-25(41-32)26(29(38)33-21-11-9-8-10-12-21)27(32)31(40)36(28)24(18-37)19(3)4/h8-16,19-20,24-28,37H,6-7,17-18H2,1-5H3,(H,33,38)(H,34,39)/t20?,24-,25+,26-,27-,28?,32?/m0/s1. The number of likely N-dealkylation sites (tertiary alicyclic amines) is 1. The minimum atomic E-state index is -0.804. The van der Waals surface area contributed by atoms with Gasteiger partial charge in [-0.15, -0.1) is 11.8 Å². The molecule has 220 valence electrons. The number of amides is 3. The van der Waals surface area contributed by atoms with Crippen molar-refractivity contribution in [2.24, 2.45) is 23.7 Å². The van der Waals surface area contributed by atoms with Gasteiger partial charge in [0.2, 0.25) is 17.7 Å². The van der Waals surface area contributed by atoms with Crippen molar-refractivity contribution in [2.45, 2.75) is 63.1 Å². The Hall–Kier alpha value is -3.04. The van der Waals surface area contributed by atoms with Gasteiger partial charge in [-0.05, 0) is 68.5 Å². The molecule has 2 aromatic carbocycles. The molecule has 5 rings (SSSR count). The smallest absolute Gasteiger partial charge is 0.248 e. The van der Waals surface area contributed by atoms with Crippen LogP contribution in [0.25, 0.3) is 0 Å². The number of para-hydroxylation sites is 1. The normalized spacial score (nSPS) is 29.0. The van der Waals surface area contributed by atoms with Gasteiger partial charge in [0.1, 0.15) is 6.04 Å². The summed E-state index contributed by atoms with van der Waals surface area (Å²) < 4.78 is -0.756. The fourth-order valence-corrected chi connectivity index (χ4v) is 9.75. The van der Waals surface area contributed by atoms with E-state index in [0.29, 0.717) is 11.4 Å². The minimum Gasteiger partial charge on any atom is -0.394 e. The van der Waals surface area contributed by atoms with Crippen molar-refractivity contribution < 1.29 is 19.5 Å². The molecule has 41 heavy (non-hydrogen) atoms. The van der Waals surface area contributed by atoms with E-state index in [-0.39, 0.29) is 41.4 Å². The minimum absolute atomic E-state index is 0.0459. The van der Waals surface area contributed by atoms with E-state index in [4.69, 9.17) is 0 Å². The third-order valence-corrected chi connectivity index (χ3v) is 11.4. The Morgan fingerprint density at radius 3 is 2.22 bits per heavy atom. The van der Waals surface area contributed by atoms with Crippen molar-refractivity contribution in [1.29, 1.82) is 0 Å². The third-order valence-electron chi connectivity index (χ3n) is 9.35. The molecule has 0 aromatic heterocycles. The van der Waals surface area contributed by atoms with Crippen molar-refractivity contribution in [2.75, 3.05) is 35.2 Å². The maximum Gasteiger partial charge on any atom is 0.248 e. The maximum absolute atomic E-state index is 14.4. The summed E-state index contributed by atoms with van der Waals surface area (Å²) >= 11 is 1.64. The van der Waals surface area contributed by atoms with Crippen LogP contribution >= 0.6 is 11.8 Å². The van der Waals surface area contributed by atoms with Crippen molar-refractivity contribution in [3.63, 3.8) is 0 Å². The fraction of sp³-hybridized carbons (Fsp3) is 0.531. The first-order valence-corrected chi connectivity index (χ1v) is 15.7. The van der Waals surface area contributed by atoms with Gasteiger partial charge in [-0.25, -0.2) is 0 Å². The molecule has 3 heterocycles. The lowest BCUT2D eigenvalue weighted by molar-refractivity contribution is -0.142. The molecular formula is C32H42N4O4S.